The minimum absolute atomic E-state index is 0.0242. The molecule has 1 amide bonds. The van der Waals surface area contributed by atoms with Gasteiger partial charge in [0.15, 0.2) is 0 Å². The van der Waals surface area contributed by atoms with Crippen molar-refractivity contribution >= 4 is 5.91 Å². The van der Waals surface area contributed by atoms with Gasteiger partial charge in [0.25, 0.3) is 0 Å². The van der Waals surface area contributed by atoms with Crippen molar-refractivity contribution in [1.29, 1.82) is 0 Å². The van der Waals surface area contributed by atoms with Gasteiger partial charge in [-0.25, -0.2) is 0 Å². The summed E-state index contributed by atoms with van der Waals surface area (Å²) in [5.74, 6) is 2.36. The molecule has 102 valence electrons. The highest BCUT2D eigenvalue weighted by Crippen LogP contribution is 2.08. The minimum Gasteiger partial charge on any atom is -0.389 e. The largest absolute Gasteiger partial charge is 0.389 e. The van der Waals surface area contributed by atoms with Crippen LogP contribution in [0.15, 0.2) is 0 Å². The lowest BCUT2D eigenvalue weighted by molar-refractivity contribution is -0.122. The van der Waals surface area contributed by atoms with E-state index in [9.17, 15) is 9.90 Å². The monoisotopic (exact) mass is 253 g/mol. The Bertz CT molecular complexity index is 309. The Labute approximate surface area is 109 Å². The van der Waals surface area contributed by atoms with E-state index >= 15 is 0 Å². The van der Waals surface area contributed by atoms with Gasteiger partial charge in [-0.2, -0.15) is 0 Å². The third-order valence-corrected chi connectivity index (χ3v) is 2.83. The summed E-state index contributed by atoms with van der Waals surface area (Å²) in [6.45, 7) is 8.44. The SMILES string of the molecule is C#CCNC(=O)CN1CCN(CC(C)(C)O)CC1. The molecule has 0 bridgehead atoms. The Kier molecular flexibility index (Phi) is 5.60. The van der Waals surface area contributed by atoms with E-state index in [1.165, 1.54) is 0 Å². The summed E-state index contributed by atoms with van der Waals surface area (Å²) in [6, 6.07) is 0. The van der Waals surface area contributed by atoms with E-state index in [1.54, 1.807) is 0 Å². The molecule has 0 saturated carbocycles. The van der Waals surface area contributed by atoms with Crippen LogP contribution in [0.2, 0.25) is 0 Å². The van der Waals surface area contributed by atoms with Gasteiger partial charge in [-0.05, 0) is 13.8 Å². The standard InChI is InChI=1S/C13H23N3O2/c1-4-5-14-12(17)10-15-6-8-16(9-7-15)11-13(2,3)18/h1,18H,5-11H2,2-3H3,(H,14,17). The summed E-state index contributed by atoms with van der Waals surface area (Å²) in [4.78, 5) is 15.8. The fraction of sp³-hybridized carbons (Fsp3) is 0.769. The Balaban J connectivity index is 2.23. The number of carbonyl (C=O) groups is 1. The molecule has 1 aliphatic rings. The van der Waals surface area contributed by atoms with Crippen molar-refractivity contribution in [2.75, 3.05) is 45.8 Å². The molecular formula is C13H23N3O2. The number of carbonyl (C=O) groups excluding carboxylic acids is 1. The second-order valence-electron chi connectivity index (χ2n) is 5.35. The molecule has 1 heterocycles. The van der Waals surface area contributed by atoms with E-state index in [-0.39, 0.29) is 12.5 Å². The van der Waals surface area contributed by atoms with Crippen molar-refractivity contribution in [2.45, 2.75) is 19.4 Å². The van der Waals surface area contributed by atoms with Crippen molar-refractivity contribution in [1.82, 2.24) is 15.1 Å². The van der Waals surface area contributed by atoms with E-state index in [0.717, 1.165) is 26.2 Å². The first-order chi connectivity index (χ1) is 8.40. The molecular weight excluding hydrogens is 230 g/mol. The summed E-state index contributed by atoms with van der Waals surface area (Å²) < 4.78 is 0. The number of β-amino-alcohol motifs (C(OH)–C–C–N with tert-alkyl or cyclic N) is 1. The normalized spacial score (nSPS) is 18.3. The van der Waals surface area contributed by atoms with Gasteiger partial charge >= 0.3 is 0 Å². The summed E-state index contributed by atoms with van der Waals surface area (Å²) in [5.41, 5.74) is -0.660. The zero-order valence-electron chi connectivity index (χ0n) is 11.3. The first kappa shape index (κ1) is 15.0. The van der Waals surface area contributed by atoms with Crippen LogP contribution in [0.1, 0.15) is 13.8 Å². The smallest absolute Gasteiger partial charge is 0.234 e. The highest BCUT2D eigenvalue weighted by atomic mass is 16.3. The number of amides is 1. The van der Waals surface area contributed by atoms with Gasteiger partial charge < -0.3 is 10.4 Å². The van der Waals surface area contributed by atoms with Crippen molar-refractivity contribution in [3.05, 3.63) is 0 Å². The van der Waals surface area contributed by atoms with Gasteiger partial charge in [-0.3, -0.25) is 14.6 Å². The van der Waals surface area contributed by atoms with Crippen LogP contribution in [-0.4, -0.2) is 72.2 Å². The average Bonchev–Trinajstić information content (AvgIpc) is 2.27. The fourth-order valence-corrected chi connectivity index (χ4v) is 2.06. The van der Waals surface area contributed by atoms with Gasteiger partial charge in [-0.15, -0.1) is 6.42 Å². The van der Waals surface area contributed by atoms with Crippen LogP contribution in [-0.2, 0) is 4.79 Å². The van der Waals surface area contributed by atoms with Crippen LogP contribution in [0.4, 0.5) is 0 Å². The van der Waals surface area contributed by atoms with E-state index < -0.39 is 5.60 Å². The number of hydrogen-bond acceptors (Lipinski definition) is 4. The quantitative estimate of drug-likeness (QED) is 0.625. The zero-order valence-corrected chi connectivity index (χ0v) is 11.3. The number of aliphatic hydroxyl groups is 1. The number of rotatable bonds is 5. The second kappa shape index (κ2) is 6.74. The Morgan fingerprint density at radius 2 is 1.89 bits per heavy atom. The zero-order chi connectivity index (χ0) is 13.6. The molecule has 5 nitrogen and oxygen atoms in total. The highest BCUT2D eigenvalue weighted by Gasteiger charge is 2.23. The Morgan fingerprint density at radius 3 is 2.39 bits per heavy atom. The van der Waals surface area contributed by atoms with Crippen LogP contribution >= 0.6 is 0 Å². The molecule has 0 aromatic carbocycles. The highest BCUT2D eigenvalue weighted by molar-refractivity contribution is 5.78. The van der Waals surface area contributed by atoms with Gasteiger partial charge in [0.05, 0.1) is 18.7 Å². The van der Waals surface area contributed by atoms with Crippen molar-refractivity contribution < 1.29 is 9.90 Å². The van der Waals surface area contributed by atoms with Gasteiger partial charge in [0, 0.05) is 32.7 Å². The maximum atomic E-state index is 11.5. The van der Waals surface area contributed by atoms with E-state index in [0.29, 0.717) is 13.1 Å². The summed E-state index contributed by atoms with van der Waals surface area (Å²) in [5, 5.41) is 12.4. The molecule has 0 unspecified atom stereocenters. The number of hydrogen-bond donors (Lipinski definition) is 2. The summed E-state index contributed by atoms with van der Waals surface area (Å²) in [7, 11) is 0. The Hall–Kier alpha value is -1.09. The maximum Gasteiger partial charge on any atom is 0.234 e. The predicted octanol–water partition coefficient (Wildman–Crippen LogP) is -0.876. The number of terminal acetylenes is 1. The topological polar surface area (TPSA) is 55.8 Å². The van der Waals surface area contributed by atoms with Crippen LogP contribution in [0.3, 0.4) is 0 Å². The van der Waals surface area contributed by atoms with E-state index in [1.807, 2.05) is 13.8 Å². The molecule has 0 spiro atoms. The van der Waals surface area contributed by atoms with Crippen molar-refractivity contribution in [3.63, 3.8) is 0 Å². The lowest BCUT2D eigenvalue weighted by Gasteiger charge is -2.36. The van der Waals surface area contributed by atoms with Crippen LogP contribution in [0.5, 0.6) is 0 Å². The molecule has 0 aromatic heterocycles. The van der Waals surface area contributed by atoms with Gasteiger partial charge in [0.2, 0.25) is 5.91 Å². The third kappa shape index (κ3) is 6.01. The minimum atomic E-state index is -0.660. The summed E-state index contributed by atoms with van der Waals surface area (Å²) in [6.07, 6.45) is 5.08. The van der Waals surface area contributed by atoms with Crippen LogP contribution in [0.25, 0.3) is 0 Å². The molecule has 0 aliphatic carbocycles. The Morgan fingerprint density at radius 1 is 1.33 bits per heavy atom. The van der Waals surface area contributed by atoms with Crippen LogP contribution in [0, 0.1) is 12.3 Å². The molecule has 0 aromatic rings. The third-order valence-electron chi connectivity index (χ3n) is 2.83. The predicted molar refractivity (Wildman–Crippen MR) is 71.0 cm³/mol. The number of piperazine rings is 1. The molecule has 1 rings (SSSR count). The molecule has 18 heavy (non-hydrogen) atoms. The average molecular weight is 253 g/mol. The maximum absolute atomic E-state index is 11.5. The van der Waals surface area contributed by atoms with E-state index in [2.05, 4.69) is 21.0 Å². The number of nitrogens with zero attached hydrogens (tertiary/aromatic N) is 2. The van der Waals surface area contributed by atoms with E-state index in [4.69, 9.17) is 6.42 Å². The van der Waals surface area contributed by atoms with Crippen LogP contribution < -0.4 is 5.32 Å². The molecule has 1 aliphatic heterocycles. The van der Waals surface area contributed by atoms with Crippen molar-refractivity contribution in [3.8, 4) is 12.3 Å². The molecule has 5 heteroatoms. The fourth-order valence-electron chi connectivity index (χ4n) is 2.06. The molecule has 0 radical (unpaired) electrons. The molecule has 2 N–H and O–H groups in total. The number of nitrogens with one attached hydrogen (secondary N) is 1. The molecule has 1 fully saturated rings. The first-order valence-corrected chi connectivity index (χ1v) is 6.28. The molecule has 1 saturated heterocycles. The van der Waals surface area contributed by atoms with Gasteiger partial charge in [0.1, 0.15) is 0 Å². The van der Waals surface area contributed by atoms with Gasteiger partial charge in [-0.1, -0.05) is 5.92 Å². The lowest BCUT2D eigenvalue weighted by atomic mass is 10.1. The second-order valence-corrected chi connectivity index (χ2v) is 5.35. The van der Waals surface area contributed by atoms with Crippen molar-refractivity contribution in [2.24, 2.45) is 0 Å². The lowest BCUT2D eigenvalue weighted by Crippen LogP contribution is -2.52. The first-order valence-electron chi connectivity index (χ1n) is 6.28. The summed E-state index contributed by atoms with van der Waals surface area (Å²) >= 11 is 0. The molecule has 0 atom stereocenters.